The van der Waals surface area contributed by atoms with Gasteiger partial charge in [0.1, 0.15) is 5.69 Å². The largest absolute Gasteiger partial charge is 0.410 e. The molecule has 0 saturated carbocycles. The second kappa shape index (κ2) is 6.28. The molecule has 0 aliphatic rings. The van der Waals surface area contributed by atoms with Crippen molar-refractivity contribution in [3.05, 3.63) is 54.5 Å². The van der Waals surface area contributed by atoms with E-state index in [0.717, 1.165) is 11.4 Å². The lowest BCUT2D eigenvalue weighted by atomic mass is 10.3. The van der Waals surface area contributed by atoms with Crippen LogP contribution in [0.15, 0.2) is 58.3 Å². The smallest absolute Gasteiger partial charge is 0.277 e. The molecule has 120 valence electrons. The minimum absolute atomic E-state index is 0.0582. The number of aromatic nitrogens is 7. The summed E-state index contributed by atoms with van der Waals surface area (Å²) in [4.78, 5) is 3.04. The molecule has 0 radical (unpaired) electrons. The molecule has 0 unspecified atom stereocenters. The summed E-state index contributed by atoms with van der Waals surface area (Å²) in [6, 6.07) is 13.5. The molecule has 0 saturated heterocycles. The molecule has 1 aromatic carbocycles. The maximum Gasteiger partial charge on any atom is 0.277 e. The first-order valence-corrected chi connectivity index (χ1v) is 8.17. The Hall–Kier alpha value is -2.94. The summed E-state index contributed by atoms with van der Waals surface area (Å²) in [6.07, 6.45) is 1.81. The van der Waals surface area contributed by atoms with Gasteiger partial charge in [0.2, 0.25) is 0 Å². The second-order valence-electron chi connectivity index (χ2n) is 5.00. The fourth-order valence-corrected chi connectivity index (χ4v) is 3.00. The van der Waals surface area contributed by atoms with Crippen LogP contribution in [0, 0.1) is 0 Å². The third kappa shape index (κ3) is 2.81. The Morgan fingerprint density at radius 1 is 1.08 bits per heavy atom. The van der Waals surface area contributed by atoms with Crippen LogP contribution >= 0.6 is 11.8 Å². The van der Waals surface area contributed by atoms with E-state index in [1.807, 2.05) is 55.6 Å². The Morgan fingerprint density at radius 3 is 2.75 bits per heavy atom. The lowest BCUT2D eigenvalue weighted by Crippen LogP contribution is -2.04. The molecule has 0 spiro atoms. The second-order valence-corrected chi connectivity index (χ2v) is 6.29. The maximum atomic E-state index is 5.67. The van der Waals surface area contributed by atoms with Crippen LogP contribution in [-0.2, 0) is 0 Å². The predicted octanol–water partition coefficient (Wildman–Crippen LogP) is 2.89. The van der Waals surface area contributed by atoms with Gasteiger partial charge in [-0.1, -0.05) is 30.0 Å². The highest BCUT2D eigenvalue weighted by Gasteiger charge is 2.20. The highest BCUT2D eigenvalue weighted by Crippen LogP contribution is 2.34. The van der Waals surface area contributed by atoms with Gasteiger partial charge in [-0.25, -0.2) is 0 Å². The predicted molar refractivity (Wildman–Crippen MR) is 87.5 cm³/mol. The molecular formula is C15H13N7OS. The fraction of sp³-hybridized carbons (Fsp3) is 0.133. The zero-order valence-corrected chi connectivity index (χ0v) is 13.5. The number of nitrogens with one attached hydrogen (secondary N) is 1. The van der Waals surface area contributed by atoms with Gasteiger partial charge in [-0.3, -0.25) is 0 Å². The highest BCUT2D eigenvalue weighted by atomic mass is 32.2. The quantitative estimate of drug-likeness (QED) is 0.558. The van der Waals surface area contributed by atoms with Crippen molar-refractivity contribution in [3.8, 4) is 17.3 Å². The Balaban J connectivity index is 1.55. The first kappa shape index (κ1) is 14.6. The number of aromatic amines is 1. The van der Waals surface area contributed by atoms with Crippen molar-refractivity contribution in [2.45, 2.75) is 17.4 Å². The van der Waals surface area contributed by atoms with Crippen molar-refractivity contribution in [2.75, 3.05) is 0 Å². The van der Waals surface area contributed by atoms with Crippen molar-refractivity contribution in [2.24, 2.45) is 0 Å². The van der Waals surface area contributed by atoms with Crippen LogP contribution in [0.1, 0.15) is 18.0 Å². The number of nitrogens with zero attached hydrogens (tertiary/aromatic N) is 6. The summed E-state index contributed by atoms with van der Waals surface area (Å²) >= 11 is 1.41. The average molecular weight is 339 g/mol. The van der Waals surface area contributed by atoms with Crippen LogP contribution in [0.2, 0.25) is 0 Å². The Morgan fingerprint density at radius 2 is 1.96 bits per heavy atom. The lowest BCUT2D eigenvalue weighted by Gasteiger charge is -2.08. The average Bonchev–Trinajstić information content (AvgIpc) is 3.36. The summed E-state index contributed by atoms with van der Waals surface area (Å²) in [7, 11) is 0. The number of tetrazole rings is 1. The number of rotatable bonds is 5. The molecule has 4 rings (SSSR count). The minimum atomic E-state index is -0.0582. The van der Waals surface area contributed by atoms with Crippen LogP contribution in [0.4, 0.5) is 0 Å². The van der Waals surface area contributed by atoms with E-state index in [4.69, 9.17) is 4.42 Å². The molecule has 3 aromatic heterocycles. The number of hydrogen-bond donors (Lipinski definition) is 1. The van der Waals surface area contributed by atoms with E-state index in [9.17, 15) is 0 Å². The van der Waals surface area contributed by atoms with E-state index in [2.05, 4.69) is 30.7 Å². The summed E-state index contributed by atoms with van der Waals surface area (Å²) in [5.41, 5.74) is 1.69. The van der Waals surface area contributed by atoms with Gasteiger partial charge in [0.25, 0.3) is 11.1 Å². The van der Waals surface area contributed by atoms with Gasteiger partial charge in [0.15, 0.2) is 5.82 Å². The molecule has 3 heterocycles. The molecule has 0 amide bonds. The third-order valence-electron chi connectivity index (χ3n) is 3.37. The first-order chi connectivity index (χ1) is 11.8. The van der Waals surface area contributed by atoms with Gasteiger partial charge in [-0.15, -0.1) is 15.3 Å². The van der Waals surface area contributed by atoms with Gasteiger partial charge in [0, 0.05) is 6.20 Å². The first-order valence-electron chi connectivity index (χ1n) is 7.29. The van der Waals surface area contributed by atoms with E-state index in [1.165, 1.54) is 11.8 Å². The molecule has 1 N–H and O–H groups in total. The maximum absolute atomic E-state index is 5.67. The zero-order valence-electron chi connectivity index (χ0n) is 12.7. The van der Waals surface area contributed by atoms with E-state index in [-0.39, 0.29) is 5.25 Å². The summed E-state index contributed by atoms with van der Waals surface area (Å²) in [6.45, 7) is 1.99. The number of benzene rings is 1. The van der Waals surface area contributed by atoms with Crippen molar-refractivity contribution in [3.63, 3.8) is 0 Å². The number of H-pyrrole nitrogens is 1. The van der Waals surface area contributed by atoms with E-state index in [1.54, 1.807) is 4.68 Å². The molecule has 0 aliphatic carbocycles. The fourth-order valence-electron chi connectivity index (χ4n) is 2.23. The Kier molecular flexibility index (Phi) is 3.83. The van der Waals surface area contributed by atoms with Crippen molar-refractivity contribution in [1.29, 1.82) is 0 Å². The van der Waals surface area contributed by atoms with E-state index >= 15 is 0 Å². The normalized spacial score (nSPS) is 12.4. The summed E-state index contributed by atoms with van der Waals surface area (Å²) in [5.74, 6) is 1.17. The van der Waals surface area contributed by atoms with Gasteiger partial charge >= 0.3 is 0 Å². The summed E-state index contributed by atoms with van der Waals surface area (Å²) in [5, 5.41) is 20.5. The lowest BCUT2D eigenvalue weighted by molar-refractivity contribution is 0.463. The topological polar surface area (TPSA) is 98.3 Å². The van der Waals surface area contributed by atoms with Crippen LogP contribution in [-0.4, -0.2) is 35.4 Å². The molecule has 4 aromatic rings. The monoisotopic (exact) mass is 339 g/mol. The van der Waals surface area contributed by atoms with Gasteiger partial charge < -0.3 is 9.40 Å². The zero-order chi connectivity index (χ0) is 16.4. The Bertz CT molecular complexity index is 916. The van der Waals surface area contributed by atoms with E-state index < -0.39 is 0 Å². The van der Waals surface area contributed by atoms with Crippen LogP contribution < -0.4 is 0 Å². The van der Waals surface area contributed by atoms with E-state index in [0.29, 0.717) is 16.9 Å². The van der Waals surface area contributed by atoms with Crippen molar-refractivity contribution >= 4 is 11.8 Å². The molecule has 24 heavy (non-hydrogen) atoms. The standard InChI is InChI=1S/C15H13N7OS/c1-10(13-17-20-21-22(13)11-6-3-2-4-7-11)24-15-19-18-14(23-15)12-8-5-9-16-12/h2-10,16H,1H3/t10-/m1/s1. The number of thioether (sulfide) groups is 1. The van der Waals surface area contributed by atoms with Crippen molar-refractivity contribution in [1.82, 2.24) is 35.4 Å². The molecule has 8 nitrogen and oxygen atoms in total. The number of hydrogen-bond acceptors (Lipinski definition) is 7. The van der Waals surface area contributed by atoms with Crippen LogP contribution in [0.5, 0.6) is 0 Å². The van der Waals surface area contributed by atoms with Crippen molar-refractivity contribution < 1.29 is 4.42 Å². The third-order valence-corrected chi connectivity index (χ3v) is 4.30. The van der Waals surface area contributed by atoms with Crippen LogP contribution in [0.3, 0.4) is 0 Å². The minimum Gasteiger partial charge on any atom is -0.410 e. The van der Waals surface area contributed by atoms with Gasteiger partial charge in [0.05, 0.1) is 10.9 Å². The Labute approximate surface area is 141 Å². The SMILES string of the molecule is C[C@@H](Sc1nnc(-c2ccc[nH]2)o1)c1nnnn1-c1ccccc1. The van der Waals surface area contributed by atoms with Gasteiger partial charge in [-0.05, 0) is 41.6 Å². The van der Waals surface area contributed by atoms with Gasteiger partial charge in [-0.2, -0.15) is 4.68 Å². The molecular weight excluding hydrogens is 326 g/mol. The molecule has 0 fully saturated rings. The summed E-state index contributed by atoms with van der Waals surface area (Å²) < 4.78 is 7.38. The number of para-hydroxylation sites is 1. The highest BCUT2D eigenvalue weighted by molar-refractivity contribution is 7.99. The molecule has 9 heteroatoms. The molecule has 0 aliphatic heterocycles. The molecule has 0 bridgehead atoms. The molecule has 1 atom stereocenters. The van der Waals surface area contributed by atoms with Crippen LogP contribution in [0.25, 0.3) is 17.3 Å².